The highest BCUT2D eigenvalue weighted by molar-refractivity contribution is 6.31. The number of phenols is 1. The zero-order valence-electron chi connectivity index (χ0n) is 16.7. The van der Waals surface area contributed by atoms with Gasteiger partial charge in [-0.1, -0.05) is 41.9 Å². The minimum Gasteiger partial charge on any atom is -0.506 e. The van der Waals surface area contributed by atoms with Gasteiger partial charge in [0.25, 0.3) is 0 Å². The van der Waals surface area contributed by atoms with E-state index in [-0.39, 0.29) is 17.0 Å². The maximum Gasteiger partial charge on any atom is 0.337 e. The molecule has 0 atom stereocenters. The number of esters is 1. The Morgan fingerprint density at radius 3 is 2.48 bits per heavy atom. The Bertz CT molecular complexity index is 1110. The molecular weight excluding hydrogens is 418 g/mol. The second-order valence-electron chi connectivity index (χ2n) is 6.50. The lowest BCUT2D eigenvalue weighted by Gasteiger charge is -2.08. The van der Waals surface area contributed by atoms with E-state index in [1.807, 2.05) is 36.4 Å². The van der Waals surface area contributed by atoms with Crippen LogP contribution in [0.2, 0.25) is 5.02 Å². The van der Waals surface area contributed by atoms with Crippen molar-refractivity contribution in [3.8, 4) is 11.5 Å². The maximum atomic E-state index is 12.1. The van der Waals surface area contributed by atoms with Crippen LogP contribution in [0.3, 0.4) is 0 Å². The molecule has 2 N–H and O–H groups in total. The van der Waals surface area contributed by atoms with Crippen molar-refractivity contribution >= 4 is 35.2 Å². The van der Waals surface area contributed by atoms with E-state index >= 15 is 0 Å². The van der Waals surface area contributed by atoms with Gasteiger partial charge in [-0.2, -0.15) is 0 Å². The van der Waals surface area contributed by atoms with E-state index in [0.717, 1.165) is 11.1 Å². The average Bonchev–Trinajstić information content (AvgIpc) is 2.78. The fourth-order valence-corrected chi connectivity index (χ4v) is 2.87. The first-order chi connectivity index (χ1) is 15.0. The SMILES string of the molecule is COC(=O)c1ccc(NC(=O)/C=C/c2ccc(OCc3ccccc3Cl)cc2)c(O)c1. The van der Waals surface area contributed by atoms with Gasteiger partial charge in [0, 0.05) is 16.7 Å². The van der Waals surface area contributed by atoms with E-state index in [1.165, 1.54) is 31.4 Å². The first-order valence-electron chi connectivity index (χ1n) is 9.33. The summed E-state index contributed by atoms with van der Waals surface area (Å²) in [6.45, 7) is 0.357. The van der Waals surface area contributed by atoms with Crippen LogP contribution >= 0.6 is 11.6 Å². The molecule has 0 saturated carbocycles. The predicted octanol–water partition coefficient (Wildman–Crippen LogP) is 5.06. The van der Waals surface area contributed by atoms with Crippen molar-refractivity contribution in [2.24, 2.45) is 0 Å². The number of ether oxygens (including phenoxy) is 2. The van der Waals surface area contributed by atoms with Crippen LogP contribution < -0.4 is 10.1 Å². The summed E-state index contributed by atoms with van der Waals surface area (Å²) in [7, 11) is 1.25. The van der Waals surface area contributed by atoms with Crippen LogP contribution in [0.4, 0.5) is 5.69 Å². The molecule has 3 rings (SSSR count). The van der Waals surface area contributed by atoms with Crippen molar-refractivity contribution in [2.45, 2.75) is 6.61 Å². The van der Waals surface area contributed by atoms with Gasteiger partial charge in [-0.3, -0.25) is 4.79 Å². The van der Waals surface area contributed by atoms with Crippen molar-refractivity contribution in [3.63, 3.8) is 0 Å². The zero-order chi connectivity index (χ0) is 22.2. The molecule has 3 aromatic carbocycles. The lowest BCUT2D eigenvalue weighted by Crippen LogP contribution is -2.08. The summed E-state index contributed by atoms with van der Waals surface area (Å²) in [6.07, 6.45) is 2.97. The van der Waals surface area contributed by atoms with E-state index < -0.39 is 11.9 Å². The molecule has 0 aliphatic rings. The second-order valence-corrected chi connectivity index (χ2v) is 6.90. The van der Waals surface area contributed by atoms with Gasteiger partial charge in [-0.25, -0.2) is 4.79 Å². The third-order valence-corrected chi connectivity index (χ3v) is 4.70. The van der Waals surface area contributed by atoms with Gasteiger partial charge >= 0.3 is 5.97 Å². The van der Waals surface area contributed by atoms with Gasteiger partial charge in [0.15, 0.2) is 0 Å². The smallest absolute Gasteiger partial charge is 0.337 e. The highest BCUT2D eigenvalue weighted by atomic mass is 35.5. The van der Waals surface area contributed by atoms with E-state index in [2.05, 4.69) is 10.1 Å². The molecule has 0 spiro atoms. The molecule has 158 valence electrons. The average molecular weight is 438 g/mol. The minimum atomic E-state index is -0.577. The van der Waals surface area contributed by atoms with Crippen LogP contribution in [-0.4, -0.2) is 24.1 Å². The largest absolute Gasteiger partial charge is 0.506 e. The Labute approximate surface area is 184 Å². The van der Waals surface area contributed by atoms with E-state index in [0.29, 0.717) is 17.4 Å². The Morgan fingerprint density at radius 1 is 1.06 bits per heavy atom. The van der Waals surface area contributed by atoms with Gasteiger partial charge < -0.3 is 19.9 Å². The van der Waals surface area contributed by atoms with Crippen molar-refractivity contribution < 1.29 is 24.2 Å². The van der Waals surface area contributed by atoms with E-state index in [9.17, 15) is 14.7 Å². The summed E-state index contributed by atoms with van der Waals surface area (Å²) in [6, 6.07) is 18.8. The Morgan fingerprint density at radius 2 is 1.81 bits per heavy atom. The Kier molecular flexibility index (Phi) is 7.30. The molecule has 0 saturated heterocycles. The summed E-state index contributed by atoms with van der Waals surface area (Å²) in [5.41, 5.74) is 2.06. The maximum absolute atomic E-state index is 12.1. The summed E-state index contributed by atoms with van der Waals surface area (Å²) < 4.78 is 10.3. The number of hydrogen-bond acceptors (Lipinski definition) is 5. The molecule has 1 amide bonds. The number of carbonyl (C=O) groups is 2. The third-order valence-electron chi connectivity index (χ3n) is 4.34. The number of amides is 1. The lowest BCUT2D eigenvalue weighted by atomic mass is 10.2. The summed E-state index contributed by atoms with van der Waals surface area (Å²) in [5, 5.41) is 13.2. The van der Waals surface area contributed by atoms with Crippen molar-refractivity contribution in [1.82, 2.24) is 0 Å². The number of anilines is 1. The zero-order valence-corrected chi connectivity index (χ0v) is 17.4. The summed E-state index contributed by atoms with van der Waals surface area (Å²) in [5.74, 6) is -0.561. The molecule has 0 fully saturated rings. The number of phenolic OH excluding ortho intramolecular Hbond substituents is 1. The normalized spacial score (nSPS) is 10.6. The van der Waals surface area contributed by atoms with Crippen molar-refractivity contribution in [1.29, 1.82) is 0 Å². The molecule has 0 aromatic heterocycles. The number of hydrogen-bond donors (Lipinski definition) is 2. The molecule has 0 bridgehead atoms. The molecule has 6 nitrogen and oxygen atoms in total. The topological polar surface area (TPSA) is 84.9 Å². The number of halogens is 1. The first-order valence-corrected chi connectivity index (χ1v) is 9.70. The third kappa shape index (κ3) is 6.10. The second kappa shape index (κ2) is 10.3. The molecule has 0 aliphatic carbocycles. The number of rotatable bonds is 7. The Balaban J connectivity index is 1.56. The van der Waals surface area contributed by atoms with Gasteiger partial charge in [-0.05, 0) is 48.0 Å². The van der Waals surface area contributed by atoms with E-state index in [1.54, 1.807) is 18.2 Å². The number of methoxy groups -OCH3 is 1. The Hall–Kier alpha value is -3.77. The first kappa shape index (κ1) is 21.9. The van der Waals surface area contributed by atoms with Crippen LogP contribution in [0.1, 0.15) is 21.5 Å². The van der Waals surface area contributed by atoms with Gasteiger partial charge in [0.05, 0.1) is 18.4 Å². The van der Waals surface area contributed by atoms with E-state index in [4.69, 9.17) is 16.3 Å². The van der Waals surface area contributed by atoms with Crippen LogP contribution in [-0.2, 0) is 16.1 Å². The highest BCUT2D eigenvalue weighted by Crippen LogP contribution is 2.25. The fourth-order valence-electron chi connectivity index (χ4n) is 2.68. The number of aromatic hydroxyl groups is 1. The monoisotopic (exact) mass is 437 g/mol. The molecule has 0 radical (unpaired) electrons. The lowest BCUT2D eigenvalue weighted by molar-refractivity contribution is -0.111. The molecule has 31 heavy (non-hydrogen) atoms. The summed E-state index contributed by atoms with van der Waals surface area (Å²) >= 11 is 6.12. The van der Waals surface area contributed by atoms with Gasteiger partial charge in [0.2, 0.25) is 5.91 Å². The molecule has 7 heteroatoms. The van der Waals surface area contributed by atoms with Gasteiger partial charge in [-0.15, -0.1) is 0 Å². The number of nitrogens with one attached hydrogen (secondary N) is 1. The minimum absolute atomic E-state index is 0.186. The van der Waals surface area contributed by atoms with Crippen LogP contribution in [0, 0.1) is 0 Å². The number of benzene rings is 3. The van der Waals surface area contributed by atoms with Gasteiger partial charge in [0.1, 0.15) is 18.1 Å². The highest BCUT2D eigenvalue weighted by Gasteiger charge is 2.10. The molecule has 0 unspecified atom stereocenters. The molecule has 0 aliphatic heterocycles. The molecule has 3 aromatic rings. The standard InChI is InChI=1S/C24H20ClNO5/c1-30-24(29)17-9-12-21(22(27)14-17)26-23(28)13-8-16-6-10-19(11-7-16)31-15-18-4-2-3-5-20(18)25/h2-14,27H,15H2,1H3,(H,26,28)/b13-8+. The fraction of sp³-hybridized carbons (Fsp3) is 0.0833. The number of carbonyl (C=O) groups excluding carboxylic acids is 2. The molecule has 0 heterocycles. The van der Waals surface area contributed by atoms with Crippen molar-refractivity contribution in [3.05, 3.63) is 94.5 Å². The van der Waals surface area contributed by atoms with Crippen LogP contribution in [0.15, 0.2) is 72.8 Å². The van der Waals surface area contributed by atoms with Crippen LogP contribution in [0.5, 0.6) is 11.5 Å². The van der Waals surface area contributed by atoms with Crippen molar-refractivity contribution in [2.75, 3.05) is 12.4 Å². The van der Waals surface area contributed by atoms with Crippen LogP contribution in [0.25, 0.3) is 6.08 Å². The summed E-state index contributed by atoms with van der Waals surface area (Å²) in [4.78, 5) is 23.6. The quantitative estimate of drug-likeness (QED) is 0.306. The molecular formula is C24H20ClNO5. The predicted molar refractivity (Wildman–Crippen MR) is 119 cm³/mol.